The number of rotatable bonds is 8. The molecule has 3 rings (SSSR count). The summed E-state index contributed by atoms with van der Waals surface area (Å²) in [5.41, 5.74) is 0.905. The van der Waals surface area contributed by atoms with Crippen molar-refractivity contribution in [3.8, 4) is 11.5 Å². The standard InChI is InChI=1S/C23H24N2O4S/c1-3-21(25(30(2,27)28)18-12-6-4-7-13-18)23(26)24-20-16-10-11-17-22(20)29-19-14-8-5-9-15-19/h4-17,21H,3H2,1-2H3,(H,24,26)/t21-/m0/s1. The Kier molecular flexibility index (Phi) is 6.74. The first-order valence-electron chi connectivity index (χ1n) is 9.57. The molecule has 0 bridgehead atoms. The SMILES string of the molecule is CC[C@@H](C(=O)Nc1ccccc1Oc1ccccc1)N(c1ccccc1)S(C)(=O)=O. The van der Waals surface area contributed by atoms with Gasteiger partial charge in [-0.3, -0.25) is 9.10 Å². The van der Waals surface area contributed by atoms with E-state index < -0.39 is 22.0 Å². The van der Waals surface area contributed by atoms with Gasteiger partial charge in [0.2, 0.25) is 15.9 Å². The lowest BCUT2D eigenvalue weighted by molar-refractivity contribution is -0.117. The Morgan fingerprint density at radius 3 is 2.10 bits per heavy atom. The van der Waals surface area contributed by atoms with Crippen LogP contribution in [0.5, 0.6) is 11.5 Å². The maximum Gasteiger partial charge on any atom is 0.248 e. The zero-order chi connectivity index (χ0) is 21.6. The maximum absolute atomic E-state index is 13.1. The fraction of sp³-hybridized carbons (Fsp3) is 0.174. The Hall–Kier alpha value is -3.32. The fourth-order valence-corrected chi connectivity index (χ4v) is 4.34. The zero-order valence-corrected chi connectivity index (χ0v) is 17.7. The van der Waals surface area contributed by atoms with E-state index in [9.17, 15) is 13.2 Å². The number of hydrogen-bond acceptors (Lipinski definition) is 4. The molecule has 0 radical (unpaired) electrons. The minimum absolute atomic E-state index is 0.301. The van der Waals surface area contributed by atoms with Crippen LogP contribution in [0.4, 0.5) is 11.4 Å². The largest absolute Gasteiger partial charge is 0.455 e. The van der Waals surface area contributed by atoms with Gasteiger partial charge in [-0.1, -0.05) is 55.5 Å². The molecule has 30 heavy (non-hydrogen) atoms. The number of carbonyl (C=O) groups is 1. The molecule has 0 saturated carbocycles. The van der Waals surface area contributed by atoms with Gasteiger partial charge in [0.25, 0.3) is 0 Å². The Morgan fingerprint density at radius 1 is 0.933 bits per heavy atom. The van der Waals surface area contributed by atoms with Crippen LogP contribution < -0.4 is 14.4 Å². The third kappa shape index (κ3) is 5.18. The predicted molar refractivity (Wildman–Crippen MR) is 119 cm³/mol. The number of carbonyl (C=O) groups excluding carboxylic acids is 1. The predicted octanol–water partition coefficient (Wildman–Crippen LogP) is 4.66. The molecule has 0 aliphatic rings. The molecule has 156 valence electrons. The number of para-hydroxylation sites is 4. The van der Waals surface area contributed by atoms with E-state index in [0.717, 1.165) is 10.6 Å². The minimum Gasteiger partial charge on any atom is -0.455 e. The fourth-order valence-electron chi connectivity index (χ4n) is 3.13. The van der Waals surface area contributed by atoms with E-state index in [4.69, 9.17) is 4.74 Å². The lowest BCUT2D eigenvalue weighted by atomic mass is 10.1. The number of sulfonamides is 1. The van der Waals surface area contributed by atoms with Gasteiger partial charge in [0.15, 0.2) is 5.75 Å². The highest BCUT2D eigenvalue weighted by atomic mass is 32.2. The van der Waals surface area contributed by atoms with E-state index in [2.05, 4.69) is 5.32 Å². The van der Waals surface area contributed by atoms with Crippen LogP contribution >= 0.6 is 0 Å². The van der Waals surface area contributed by atoms with Gasteiger partial charge in [-0.2, -0.15) is 0 Å². The number of benzene rings is 3. The van der Waals surface area contributed by atoms with Gasteiger partial charge < -0.3 is 10.1 Å². The molecule has 3 aromatic rings. The molecule has 6 nitrogen and oxygen atoms in total. The van der Waals surface area contributed by atoms with E-state index in [1.807, 2.05) is 30.3 Å². The molecular formula is C23H24N2O4S. The molecule has 0 fully saturated rings. The van der Waals surface area contributed by atoms with Crippen molar-refractivity contribution in [3.63, 3.8) is 0 Å². The summed E-state index contributed by atoms with van der Waals surface area (Å²) in [7, 11) is -3.68. The van der Waals surface area contributed by atoms with Gasteiger partial charge in [0.05, 0.1) is 17.6 Å². The van der Waals surface area contributed by atoms with Crippen molar-refractivity contribution in [2.24, 2.45) is 0 Å². The van der Waals surface area contributed by atoms with Crippen LogP contribution in [0.3, 0.4) is 0 Å². The van der Waals surface area contributed by atoms with Crippen LogP contribution in [0.2, 0.25) is 0 Å². The number of nitrogens with one attached hydrogen (secondary N) is 1. The molecule has 0 aliphatic heterocycles. The van der Waals surface area contributed by atoms with Gasteiger partial charge in [0, 0.05) is 0 Å². The molecule has 1 atom stereocenters. The summed E-state index contributed by atoms with van der Waals surface area (Å²) in [4.78, 5) is 13.1. The van der Waals surface area contributed by atoms with Crippen molar-refractivity contribution in [1.29, 1.82) is 0 Å². The van der Waals surface area contributed by atoms with E-state index in [1.54, 1.807) is 61.5 Å². The highest BCUT2D eigenvalue weighted by Gasteiger charge is 2.31. The molecule has 0 aliphatic carbocycles. The monoisotopic (exact) mass is 424 g/mol. The summed E-state index contributed by atoms with van der Waals surface area (Å²) < 4.78 is 32.1. The van der Waals surface area contributed by atoms with Crippen LogP contribution in [0.15, 0.2) is 84.9 Å². The van der Waals surface area contributed by atoms with Crippen molar-refractivity contribution in [2.45, 2.75) is 19.4 Å². The third-order valence-corrected chi connectivity index (χ3v) is 5.64. The average Bonchev–Trinajstić information content (AvgIpc) is 2.73. The van der Waals surface area contributed by atoms with E-state index in [0.29, 0.717) is 29.3 Å². The summed E-state index contributed by atoms with van der Waals surface area (Å²) in [5, 5.41) is 2.83. The Morgan fingerprint density at radius 2 is 1.50 bits per heavy atom. The van der Waals surface area contributed by atoms with Crippen LogP contribution in [-0.2, 0) is 14.8 Å². The van der Waals surface area contributed by atoms with Gasteiger partial charge >= 0.3 is 0 Å². The quantitative estimate of drug-likeness (QED) is 0.571. The van der Waals surface area contributed by atoms with E-state index in [-0.39, 0.29) is 0 Å². The summed E-state index contributed by atoms with van der Waals surface area (Å²) in [6.07, 6.45) is 1.40. The molecule has 3 aromatic carbocycles. The van der Waals surface area contributed by atoms with Crippen LogP contribution in [0.25, 0.3) is 0 Å². The smallest absolute Gasteiger partial charge is 0.248 e. The lowest BCUT2D eigenvalue weighted by Gasteiger charge is -2.30. The molecular weight excluding hydrogens is 400 g/mol. The second kappa shape index (κ2) is 9.45. The van der Waals surface area contributed by atoms with Crippen molar-refractivity contribution in [3.05, 3.63) is 84.9 Å². The number of ether oxygens (including phenoxy) is 1. The Bertz CT molecular complexity index is 1090. The highest BCUT2D eigenvalue weighted by molar-refractivity contribution is 7.92. The summed E-state index contributed by atoms with van der Waals surface area (Å²) >= 11 is 0. The van der Waals surface area contributed by atoms with Gasteiger partial charge in [-0.25, -0.2) is 8.42 Å². The first-order valence-corrected chi connectivity index (χ1v) is 11.4. The number of amides is 1. The molecule has 0 unspecified atom stereocenters. The van der Waals surface area contributed by atoms with Gasteiger partial charge in [-0.15, -0.1) is 0 Å². The summed E-state index contributed by atoms with van der Waals surface area (Å²) in [6.45, 7) is 1.78. The van der Waals surface area contributed by atoms with Crippen LogP contribution in [0, 0.1) is 0 Å². The Labute approximate surface area is 177 Å². The highest BCUT2D eigenvalue weighted by Crippen LogP contribution is 2.30. The number of nitrogens with zero attached hydrogens (tertiary/aromatic N) is 1. The topological polar surface area (TPSA) is 75.7 Å². The van der Waals surface area contributed by atoms with Crippen molar-refractivity contribution < 1.29 is 17.9 Å². The van der Waals surface area contributed by atoms with Crippen molar-refractivity contribution in [2.75, 3.05) is 15.9 Å². The van der Waals surface area contributed by atoms with E-state index in [1.165, 1.54) is 0 Å². The Balaban J connectivity index is 1.88. The normalized spacial score (nSPS) is 12.1. The summed E-state index contributed by atoms with van der Waals surface area (Å²) in [6, 6.07) is 24.0. The second-order valence-corrected chi connectivity index (χ2v) is 8.58. The first-order chi connectivity index (χ1) is 14.4. The molecule has 0 spiro atoms. The minimum atomic E-state index is -3.68. The molecule has 0 saturated heterocycles. The number of anilines is 2. The third-order valence-electron chi connectivity index (χ3n) is 4.46. The molecule has 1 amide bonds. The van der Waals surface area contributed by atoms with Gasteiger partial charge in [-0.05, 0) is 42.8 Å². The first kappa shape index (κ1) is 21.4. The summed E-state index contributed by atoms with van der Waals surface area (Å²) in [5.74, 6) is 0.668. The van der Waals surface area contributed by atoms with Crippen molar-refractivity contribution in [1.82, 2.24) is 0 Å². The molecule has 7 heteroatoms. The maximum atomic E-state index is 13.1. The molecule has 0 heterocycles. The lowest BCUT2D eigenvalue weighted by Crippen LogP contribution is -2.47. The molecule has 1 N–H and O–H groups in total. The van der Waals surface area contributed by atoms with Crippen molar-refractivity contribution >= 4 is 27.3 Å². The second-order valence-electron chi connectivity index (χ2n) is 6.72. The van der Waals surface area contributed by atoms with Crippen LogP contribution in [0.1, 0.15) is 13.3 Å². The van der Waals surface area contributed by atoms with Crippen LogP contribution in [-0.4, -0.2) is 26.6 Å². The van der Waals surface area contributed by atoms with Gasteiger partial charge in [0.1, 0.15) is 11.8 Å². The zero-order valence-electron chi connectivity index (χ0n) is 16.9. The van der Waals surface area contributed by atoms with E-state index >= 15 is 0 Å². The number of hydrogen-bond donors (Lipinski definition) is 1. The average molecular weight is 425 g/mol. The molecule has 0 aromatic heterocycles.